The Kier molecular flexibility index (Phi) is 7.85. The van der Waals surface area contributed by atoms with Crippen molar-refractivity contribution >= 4 is 55.8 Å². The zero-order valence-corrected chi connectivity index (χ0v) is 21.7. The molecule has 1 fully saturated rings. The van der Waals surface area contributed by atoms with Gasteiger partial charge in [-0.25, -0.2) is 8.42 Å². The third-order valence-corrected chi connectivity index (χ3v) is 9.54. The van der Waals surface area contributed by atoms with E-state index in [0.29, 0.717) is 28.1 Å². The molecule has 0 aliphatic carbocycles. The minimum Gasteiger partial charge on any atom is -0.325 e. The highest BCUT2D eigenvalue weighted by atomic mass is 32.2. The molecule has 184 valence electrons. The maximum absolute atomic E-state index is 12.6. The molecule has 2 heterocycles. The molecule has 1 aromatic heterocycles. The molecule has 1 aliphatic rings. The van der Waals surface area contributed by atoms with Gasteiger partial charge >= 0.3 is 0 Å². The highest BCUT2D eigenvalue weighted by Crippen LogP contribution is 2.27. The Bertz CT molecular complexity index is 1330. The molecular weight excluding hydrogens is 506 g/mol. The minimum atomic E-state index is -3.53. The number of nitrogens with one attached hydrogen (secondary N) is 2. The van der Waals surface area contributed by atoms with Crippen molar-refractivity contribution in [1.29, 1.82) is 0 Å². The number of hydrogen-bond acceptors (Lipinski definition) is 8. The number of rotatable bonds is 8. The van der Waals surface area contributed by atoms with Gasteiger partial charge in [0.25, 0.3) is 5.91 Å². The first-order valence-electron chi connectivity index (χ1n) is 11.0. The molecule has 12 heteroatoms. The summed E-state index contributed by atoms with van der Waals surface area (Å²) in [7, 11) is -3.53. The Morgan fingerprint density at radius 2 is 1.74 bits per heavy atom. The van der Waals surface area contributed by atoms with Crippen molar-refractivity contribution in [3.63, 3.8) is 0 Å². The Morgan fingerprint density at radius 1 is 1.03 bits per heavy atom. The summed E-state index contributed by atoms with van der Waals surface area (Å²) in [6, 6.07) is 11.6. The molecule has 9 nitrogen and oxygen atoms in total. The summed E-state index contributed by atoms with van der Waals surface area (Å²) in [5.41, 5.74) is 3.21. The Balaban J connectivity index is 1.31. The van der Waals surface area contributed by atoms with E-state index in [-0.39, 0.29) is 16.6 Å². The minimum absolute atomic E-state index is 0.156. The number of aromatic nitrogens is 2. The van der Waals surface area contributed by atoms with Gasteiger partial charge in [0.15, 0.2) is 4.34 Å². The van der Waals surface area contributed by atoms with Crippen LogP contribution in [0.25, 0.3) is 0 Å². The average molecular weight is 532 g/mol. The molecule has 0 spiro atoms. The summed E-state index contributed by atoms with van der Waals surface area (Å²) in [4.78, 5) is 25.0. The van der Waals surface area contributed by atoms with Gasteiger partial charge in [-0.2, -0.15) is 4.31 Å². The molecule has 0 atom stereocenters. The Hall–Kier alpha value is -2.80. The Morgan fingerprint density at radius 3 is 2.46 bits per heavy atom. The first-order valence-corrected chi connectivity index (χ1v) is 14.2. The third kappa shape index (κ3) is 6.07. The van der Waals surface area contributed by atoms with Crippen molar-refractivity contribution in [3.05, 3.63) is 59.2 Å². The van der Waals surface area contributed by atoms with E-state index in [1.54, 1.807) is 0 Å². The van der Waals surface area contributed by atoms with Crippen LogP contribution in [0.4, 0.5) is 10.8 Å². The van der Waals surface area contributed by atoms with E-state index >= 15 is 0 Å². The van der Waals surface area contributed by atoms with Crippen LogP contribution in [-0.4, -0.2) is 53.6 Å². The first kappa shape index (κ1) is 25.3. The molecule has 0 saturated carbocycles. The molecule has 3 aromatic rings. The van der Waals surface area contributed by atoms with E-state index in [9.17, 15) is 18.0 Å². The number of carbonyl (C=O) groups excluding carboxylic acids is 2. The fourth-order valence-corrected chi connectivity index (χ4v) is 6.61. The second kappa shape index (κ2) is 10.9. The lowest BCUT2D eigenvalue weighted by molar-refractivity contribution is -0.113. The lowest BCUT2D eigenvalue weighted by Crippen LogP contribution is -2.27. The number of sulfonamides is 1. The number of nitrogens with zero attached hydrogens (tertiary/aromatic N) is 3. The summed E-state index contributed by atoms with van der Waals surface area (Å²) in [5.74, 6) is -0.424. The van der Waals surface area contributed by atoms with Gasteiger partial charge in [-0.3, -0.25) is 14.9 Å². The summed E-state index contributed by atoms with van der Waals surface area (Å²) in [5, 5.41) is 13.8. The van der Waals surface area contributed by atoms with Crippen LogP contribution in [0.5, 0.6) is 0 Å². The largest absolute Gasteiger partial charge is 0.325 e. The number of benzene rings is 2. The molecule has 2 N–H and O–H groups in total. The van der Waals surface area contributed by atoms with E-state index in [4.69, 9.17) is 0 Å². The number of amides is 2. The highest BCUT2D eigenvalue weighted by molar-refractivity contribution is 8.01. The van der Waals surface area contributed by atoms with Gasteiger partial charge in [-0.15, -0.1) is 10.2 Å². The molecule has 4 rings (SSSR count). The van der Waals surface area contributed by atoms with Crippen molar-refractivity contribution < 1.29 is 18.0 Å². The van der Waals surface area contributed by atoms with Crippen LogP contribution in [0, 0.1) is 13.8 Å². The second-order valence-electron chi connectivity index (χ2n) is 8.05. The van der Waals surface area contributed by atoms with Gasteiger partial charge in [0.1, 0.15) is 0 Å². The molecule has 1 aliphatic heterocycles. The van der Waals surface area contributed by atoms with Crippen molar-refractivity contribution in [3.8, 4) is 0 Å². The lowest BCUT2D eigenvalue weighted by atomic mass is 10.1. The number of hydrogen-bond donors (Lipinski definition) is 2. The van der Waals surface area contributed by atoms with E-state index < -0.39 is 15.9 Å². The SMILES string of the molecule is Cc1cccc(NC(=O)CSc2nnc(NC(=O)c3ccc(S(=O)(=O)N4CCCC4)cc3)s2)c1C. The third-order valence-electron chi connectivity index (χ3n) is 5.65. The zero-order chi connectivity index (χ0) is 25.0. The fourth-order valence-electron chi connectivity index (χ4n) is 3.54. The predicted molar refractivity (Wildman–Crippen MR) is 138 cm³/mol. The molecule has 35 heavy (non-hydrogen) atoms. The van der Waals surface area contributed by atoms with Gasteiger partial charge < -0.3 is 5.32 Å². The van der Waals surface area contributed by atoms with E-state index in [1.807, 2.05) is 32.0 Å². The molecule has 2 amide bonds. The number of thioether (sulfide) groups is 1. The summed E-state index contributed by atoms with van der Waals surface area (Å²) in [6.07, 6.45) is 1.72. The smallest absolute Gasteiger partial charge is 0.257 e. The molecular formula is C23H25N5O4S3. The molecule has 2 aromatic carbocycles. The van der Waals surface area contributed by atoms with E-state index in [1.165, 1.54) is 40.3 Å². The molecule has 1 saturated heterocycles. The number of carbonyl (C=O) groups is 2. The second-order valence-corrected chi connectivity index (χ2v) is 12.2. The fraction of sp³-hybridized carbons (Fsp3) is 0.304. The maximum Gasteiger partial charge on any atom is 0.257 e. The molecule has 0 unspecified atom stereocenters. The highest BCUT2D eigenvalue weighted by Gasteiger charge is 2.27. The van der Waals surface area contributed by atoms with Crippen LogP contribution in [0.2, 0.25) is 0 Å². The lowest BCUT2D eigenvalue weighted by Gasteiger charge is -2.15. The molecule has 0 radical (unpaired) electrons. The van der Waals surface area contributed by atoms with Gasteiger partial charge in [-0.1, -0.05) is 35.2 Å². The number of aryl methyl sites for hydroxylation is 1. The summed E-state index contributed by atoms with van der Waals surface area (Å²) < 4.78 is 27.3. The van der Waals surface area contributed by atoms with Gasteiger partial charge in [0.2, 0.25) is 21.1 Å². The normalized spacial score (nSPS) is 14.1. The monoisotopic (exact) mass is 531 g/mol. The van der Waals surface area contributed by atoms with Crippen LogP contribution in [-0.2, 0) is 14.8 Å². The van der Waals surface area contributed by atoms with Crippen molar-refractivity contribution in [2.24, 2.45) is 0 Å². The van der Waals surface area contributed by atoms with Crippen LogP contribution in [0.3, 0.4) is 0 Å². The van der Waals surface area contributed by atoms with Crippen molar-refractivity contribution in [1.82, 2.24) is 14.5 Å². The van der Waals surface area contributed by atoms with Gasteiger partial charge in [-0.05, 0) is 68.1 Å². The van der Waals surface area contributed by atoms with E-state index in [2.05, 4.69) is 20.8 Å². The summed E-state index contributed by atoms with van der Waals surface area (Å²) in [6.45, 7) is 4.99. The average Bonchev–Trinajstić information content (AvgIpc) is 3.54. The van der Waals surface area contributed by atoms with Crippen LogP contribution < -0.4 is 10.6 Å². The quantitative estimate of drug-likeness (QED) is 0.334. The van der Waals surface area contributed by atoms with Gasteiger partial charge in [0, 0.05) is 24.3 Å². The van der Waals surface area contributed by atoms with Crippen LogP contribution in [0.1, 0.15) is 34.3 Å². The molecule has 0 bridgehead atoms. The number of anilines is 2. The van der Waals surface area contributed by atoms with Gasteiger partial charge in [0.05, 0.1) is 10.6 Å². The standard InChI is InChI=1S/C23H25N5O4S3/c1-15-6-5-7-19(16(15)2)24-20(29)14-33-23-27-26-22(34-23)25-21(30)17-8-10-18(11-9-17)35(31,32)28-12-3-4-13-28/h5-11H,3-4,12-14H2,1-2H3,(H,24,29)(H,25,26,30). The van der Waals surface area contributed by atoms with E-state index in [0.717, 1.165) is 41.0 Å². The predicted octanol–water partition coefficient (Wildman–Crippen LogP) is 3.92. The topological polar surface area (TPSA) is 121 Å². The Labute approximate surface area is 212 Å². The zero-order valence-electron chi connectivity index (χ0n) is 19.3. The maximum atomic E-state index is 12.6. The van der Waals surface area contributed by atoms with Crippen molar-refractivity contribution in [2.75, 3.05) is 29.5 Å². The van der Waals surface area contributed by atoms with Crippen LogP contribution in [0.15, 0.2) is 51.7 Å². The van der Waals surface area contributed by atoms with Crippen molar-refractivity contribution in [2.45, 2.75) is 35.9 Å². The first-order chi connectivity index (χ1) is 16.7. The van der Waals surface area contributed by atoms with Crippen LogP contribution >= 0.6 is 23.1 Å². The summed E-state index contributed by atoms with van der Waals surface area (Å²) >= 11 is 2.39.